The number of nitrogens with zero attached hydrogens (tertiary/aromatic N) is 2. The second-order valence-corrected chi connectivity index (χ2v) is 7.56. The van der Waals surface area contributed by atoms with Crippen molar-refractivity contribution in [2.75, 3.05) is 11.9 Å². The van der Waals surface area contributed by atoms with E-state index in [0.29, 0.717) is 11.1 Å². The standard InChI is InChI=1S/C24H20N4O5/c1-16-19(13-8-14-20(16)28(32)33)25-21(29)15-27-22(30)24(26-23(27)31,17-9-4-2-5-10-17)18-11-6-3-7-12-18/h2-14H,15H2,1H3,(H,25,29)(H,26,31). The number of benzene rings is 3. The number of hydrogen-bond acceptors (Lipinski definition) is 5. The van der Waals surface area contributed by atoms with Crippen LogP contribution in [0.1, 0.15) is 16.7 Å². The Balaban J connectivity index is 1.63. The average Bonchev–Trinajstić information content (AvgIpc) is 3.07. The van der Waals surface area contributed by atoms with Crippen LogP contribution in [0.5, 0.6) is 0 Å². The number of hydrogen-bond donors (Lipinski definition) is 2. The first-order valence-corrected chi connectivity index (χ1v) is 10.1. The summed E-state index contributed by atoms with van der Waals surface area (Å²) >= 11 is 0. The Morgan fingerprint density at radius 2 is 1.55 bits per heavy atom. The topological polar surface area (TPSA) is 122 Å². The molecule has 1 aliphatic heterocycles. The Hall–Kier alpha value is -4.53. The maximum Gasteiger partial charge on any atom is 0.326 e. The van der Waals surface area contributed by atoms with Crippen molar-refractivity contribution in [1.82, 2.24) is 10.2 Å². The summed E-state index contributed by atoms with van der Waals surface area (Å²) in [6.07, 6.45) is 0. The molecule has 0 radical (unpaired) electrons. The van der Waals surface area contributed by atoms with Gasteiger partial charge in [0.25, 0.3) is 11.6 Å². The third-order valence-electron chi connectivity index (χ3n) is 5.60. The van der Waals surface area contributed by atoms with E-state index in [9.17, 15) is 24.5 Å². The molecule has 33 heavy (non-hydrogen) atoms. The lowest BCUT2D eigenvalue weighted by atomic mass is 9.82. The molecule has 3 aromatic carbocycles. The number of nitro groups is 1. The van der Waals surface area contributed by atoms with Crippen molar-refractivity contribution in [1.29, 1.82) is 0 Å². The molecule has 0 spiro atoms. The van der Waals surface area contributed by atoms with Gasteiger partial charge in [-0.25, -0.2) is 4.79 Å². The van der Waals surface area contributed by atoms with Crippen LogP contribution in [0.3, 0.4) is 0 Å². The van der Waals surface area contributed by atoms with E-state index in [1.54, 1.807) is 60.7 Å². The van der Waals surface area contributed by atoms with Crippen molar-refractivity contribution in [3.8, 4) is 0 Å². The number of imide groups is 1. The Kier molecular flexibility index (Phi) is 5.61. The van der Waals surface area contributed by atoms with Crippen molar-refractivity contribution in [2.24, 2.45) is 0 Å². The minimum atomic E-state index is -1.47. The van der Waals surface area contributed by atoms with Crippen LogP contribution in [0.15, 0.2) is 78.9 Å². The number of carbonyl (C=O) groups is 3. The highest BCUT2D eigenvalue weighted by Crippen LogP contribution is 2.36. The zero-order valence-electron chi connectivity index (χ0n) is 17.6. The predicted molar refractivity (Wildman–Crippen MR) is 120 cm³/mol. The maximum absolute atomic E-state index is 13.6. The van der Waals surface area contributed by atoms with Crippen molar-refractivity contribution in [3.05, 3.63) is 106 Å². The Labute approximate surface area is 189 Å². The number of nitro benzene ring substituents is 1. The van der Waals surface area contributed by atoms with E-state index in [-0.39, 0.29) is 16.9 Å². The van der Waals surface area contributed by atoms with Crippen LogP contribution in [0.2, 0.25) is 0 Å². The molecular formula is C24H20N4O5. The summed E-state index contributed by atoms with van der Waals surface area (Å²) in [7, 11) is 0. The predicted octanol–water partition coefficient (Wildman–Crippen LogP) is 3.34. The van der Waals surface area contributed by atoms with E-state index < -0.39 is 34.9 Å². The lowest BCUT2D eigenvalue weighted by Gasteiger charge is -2.28. The molecule has 166 valence electrons. The third kappa shape index (κ3) is 3.80. The molecule has 0 aromatic heterocycles. The first kappa shape index (κ1) is 21.7. The number of nitrogens with one attached hydrogen (secondary N) is 2. The molecule has 1 saturated heterocycles. The molecule has 2 N–H and O–H groups in total. The fraction of sp³-hybridized carbons (Fsp3) is 0.125. The lowest BCUT2D eigenvalue weighted by Crippen LogP contribution is -2.45. The zero-order chi connectivity index (χ0) is 23.6. The molecular weight excluding hydrogens is 424 g/mol. The Bertz CT molecular complexity index is 1200. The summed E-state index contributed by atoms with van der Waals surface area (Å²) in [4.78, 5) is 50.7. The van der Waals surface area contributed by atoms with Crippen LogP contribution in [0, 0.1) is 17.0 Å². The van der Waals surface area contributed by atoms with E-state index in [1.807, 2.05) is 0 Å². The molecule has 0 aliphatic carbocycles. The first-order chi connectivity index (χ1) is 15.8. The molecule has 1 aliphatic rings. The summed E-state index contributed by atoms with van der Waals surface area (Å²) in [5.41, 5.74) is 0.0185. The van der Waals surface area contributed by atoms with E-state index in [0.717, 1.165) is 4.90 Å². The number of carbonyl (C=O) groups excluding carboxylic acids is 3. The van der Waals surface area contributed by atoms with Gasteiger partial charge in [-0.15, -0.1) is 0 Å². The monoisotopic (exact) mass is 444 g/mol. The van der Waals surface area contributed by atoms with Crippen LogP contribution < -0.4 is 10.6 Å². The molecule has 9 heteroatoms. The van der Waals surface area contributed by atoms with Gasteiger partial charge >= 0.3 is 6.03 Å². The summed E-state index contributed by atoms with van der Waals surface area (Å²) in [6, 6.07) is 21.2. The number of amides is 4. The third-order valence-corrected chi connectivity index (χ3v) is 5.60. The second kappa shape index (κ2) is 8.54. The Morgan fingerprint density at radius 1 is 0.970 bits per heavy atom. The fourth-order valence-corrected chi connectivity index (χ4v) is 3.94. The van der Waals surface area contributed by atoms with Crippen LogP contribution in [0.4, 0.5) is 16.2 Å². The van der Waals surface area contributed by atoms with Gasteiger partial charge in [0.1, 0.15) is 6.54 Å². The average molecular weight is 444 g/mol. The van der Waals surface area contributed by atoms with Crippen molar-refractivity contribution >= 4 is 29.2 Å². The molecule has 3 aromatic rings. The van der Waals surface area contributed by atoms with Crippen molar-refractivity contribution < 1.29 is 19.3 Å². The van der Waals surface area contributed by atoms with Crippen molar-refractivity contribution in [3.63, 3.8) is 0 Å². The van der Waals surface area contributed by atoms with Crippen LogP contribution >= 0.6 is 0 Å². The van der Waals surface area contributed by atoms with Gasteiger partial charge < -0.3 is 10.6 Å². The van der Waals surface area contributed by atoms with E-state index in [2.05, 4.69) is 10.6 Å². The summed E-state index contributed by atoms with van der Waals surface area (Å²) in [5, 5.41) is 16.5. The smallest absolute Gasteiger partial charge is 0.324 e. The SMILES string of the molecule is Cc1c(NC(=O)CN2C(=O)NC(c3ccccc3)(c3ccccc3)C2=O)cccc1[N+](=O)[O-]. The largest absolute Gasteiger partial charge is 0.326 e. The summed E-state index contributed by atoms with van der Waals surface area (Å²) in [5.74, 6) is -1.24. The number of anilines is 1. The zero-order valence-corrected chi connectivity index (χ0v) is 17.6. The van der Waals surface area contributed by atoms with E-state index >= 15 is 0 Å². The van der Waals surface area contributed by atoms with Gasteiger partial charge in [-0.05, 0) is 24.1 Å². The van der Waals surface area contributed by atoms with Gasteiger partial charge in [0.2, 0.25) is 5.91 Å². The molecule has 9 nitrogen and oxygen atoms in total. The molecule has 1 fully saturated rings. The number of urea groups is 1. The lowest BCUT2D eigenvalue weighted by molar-refractivity contribution is -0.385. The van der Waals surface area contributed by atoms with Gasteiger partial charge in [-0.1, -0.05) is 66.7 Å². The molecule has 1 heterocycles. The van der Waals surface area contributed by atoms with Gasteiger partial charge in [0.15, 0.2) is 5.54 Å². The van der Waals surface area contributed by atoms with Crippen LogP contribution in [-0.4, -0.2) is 34.2 Å². The van der Waals surface area contributed by atoms with Gasteiger partial charge in [0.05, 0.1) is 16.2 Å². The molecule has 4 amide bonds. The first-order valence-electron chi connectivity index (χ1n) is 10.1. The van der Waals surface area contributed by atoms with Gasteiger partial charge in [-0.2, -0.15) is 0 Å². The van der Waals surface area contributed by atoms with E-state index in [4.69, 9.17) is 0 Å². The minimum absolute atomic E-state index is 0.144. The molecule has 0 atom stereocenters. The molecule has 4 rings (SSSR count). The Morgan fingerprint density at radius 3 is 2.09 bits per heavy atom. The number of rotatable bonds is 6. The highest BCUT2D eigenvalue weighted by molar-refractivity contribution is 6.12. The second-order valence-electron chi connectivity index (χ2n) is 7.56. The van der Waals surface area contributed by atoms with Crippen LogP contribution in [0.25, 0.3) is 0 Å². The highest BCUT2D eigenvalue weighted by atomic mass is 16.6. The maximum atomic E-state index is 13.6. The normalized spacial score (nSPS) is 14.6. The van der Waals surface area contributed by atoms with Crippen LogP contribution in [-0.2, 0) is 15.1 Å². The summed E-state index contributed by atoms with van der Waals surface area (Å²) in [6.45, 7) is 0.964. The quantitative estimate of drug-likeness (QED) is 0.343. The highest BCUT2D eigenvalue weighted by Gasteiger charge is 2.54. The van der Waals surface area contributed by atoms with Gasteiger partial charge in [-0.3, -0.25) is 24.6 Å². The molecule has 0 saturated carbocycles. The summed E-state index contributed by atoms with van der Waals surface area (Å²) < 4.78 is 0. The van der Waals surface area contributed by atoms with Crippen molar-refractivity contribution in [2.45, 2.75) is 12.5 Å². The van der Waals surface area contributed by atoms with Gasteiger partial charge in [0, 0.05) is 6.07 Å². The minimum Gasteiger partial charge on any atom is -0.324 e. The molecule has 0 unspecified atom stereocenters. The van der Waals surface area contributed by atoms with E-state index in [1.165, 1.54) is 25.1 Å². The molecule has 0 bridgehead atoms. The fourth-order valence-electron chi connectivity index (χ4n) is 3.94.